The molecule has 0 unspecified atom stereocenters. The second-order valence-corrected chi connectivity index (χ2v) is 2.78. The fraction of sp³-hybridized carbons (Fsp3) is 0.286. The molecule has 1 rings (SSSR count). The molecule has 0 radical (unpaired) electrons. The van der Waals surface area contributed by atoms with Gasteiger partial charge in [-0.2, -0.15) is 0 Å². The van der Waals surface area contributed by atoms with E-state index >= 15 is 0 Å². The summed E-state index contributed by atoms with van der Waals surface area (Å²) in [6.45, 7) is -3.36. The van der Waals surface area contributed by atoms with Crippen LogP contribution in [0.3, 0.4) is 0 Å². The van der Waals surface area contributed by atoms with Crippen LogP contribution in [-0.2, 0) is 5.92 Å². The van der Waals surface area contributed by atoms with Crippen molar-refractivity contribution in [1.82, 2.24) is 4.98 Å². The Morgan fingerprint density at radius 1 is 1.73 bits per heavy atom. The van der Waals surface area contributed by atoms with Crippen molar-refractivity contribution in [1.29, 1.82) is 0 Å². The molecule has 11 heavy (non-hydrogen) atoms. The molecule has 0 fully saturated rings. The lowest BCUT2D eigenvalue weighted by Gasteiger charge is -2.10. The van der Waals surface area contributed by atoms with Crippen molar-refractivity contribution in [3.05, 3.63) is 28.5 Å². The average molecular weight is 225 g/mol. The number of pyridine rings is 1. The third-order valence-corrected chi connectivity index (χ3v) is 1.80. The summed E-state index contributed by atoms with van der Waals surface area (Å²) < 4.78 is 46.7. The second kappa shape index (κ2) is 2.85. The standard InChI is InChI=1S/C7H6BrF2N/c1-7(9,10)5-4-11-3-2-6(5)8/h2-4H,1H3/i1D3. The molecule has 0 saturated heterocycles. The van der Waals surface area contributed by atoms with Crippen LogP contribution in [0.5, 0.6) is 0 Å². The lowest BCUT2D eigenvalue weighted by atomic mass is 10.2. The van der Waals surface area contributed by atoms with E-state index in [-0.39, 0.29) is 4.47 Å². The molecule has 0 spiro atoms. The van der Waals surface area contributed by atoms with E-state index < -0.39 is 18.3 Å². The lowest BCUT2D eigenvalue weighted by molar-refractivity contribution is 0.0163. The molecule has 1 heterocycles. The van der Waals surface area contributed by atoms with Gasteiger partial charge in [-0.05, 0) is 6.07 Å². The Balaban J connectivity index is 3.23. The van der Waals surface area contributed by atoms with Crippen LogP contribution in [0.25, 0.3) is 0 Å². The summed E-state index contributed by atoms with van der Waals surface area (Å²) >= 11 is 2.85. The minimum absolute atomic E-state index is 0.0358. The Hall–Kier alpha value is -0.510. The zero-order chi connectivity index (χ0) is 11.0. The first-order valence-electron chi connectivity index (χ1n) is 4.24. The molecule has 1 nitrogen and oxygen atoms in total. The minimum Gasteiger partial charge on any atom is -0.264 e. The Labute approximate surface area is 75.8 Å². The number of alkyl halides is 2. The monoisotopic (exact) mass is 224 g/mol. The summed E-state index contributed by atoms with van der Waals surface area (Å²) in [5.41, 5.74) is -0.625. The smallest absolute Gasteiger partial charge is 0.264 e. The number of halogens is 3. The number of nitrogens with zero attached hydrogens (tertiary/aromatic N) is 1. The Morgan fingerprint density at radius 3 is 3.00 bits per heavy atom. The van der Waals surface area contributed by atoms with Gasteiger partial charge in [-0.1, -0.05) is 15.9 Å². The molecular weight excluding hydrogens is 216 g/mol. The van der Waals surface area contributed by atoms with E-state index in [1.807, 2.05) is 0 Å². The van der Waals surface area contributed by atoms with E-state index in [0.717, 1.165) is 6.20 Å². The molecule has 0 atom stereocenters. The van der Waals surface area contributed by atoms with Crippen molar-refractivity contribution in [3.63, 3.8) is 0 Å². The number of rotatable bonds is 1. The molecule has 0 N–H and O–H groups in total. The highest BCUT2D eigenvalue weighted by Gasteiger charge is 2.26. The molecule has 1 aromatic heterocycles. The van der Waals surface area contributed by atoms with Crippen molar-refractivity contribution in [2.24, 2.45) is 0 Å². The SMILES string of the molecule is [2H]C([2H])([2H])C(F)(F)c1cnccc1Br. The first-order chi connectivity index (χ1) is 6.27. The van der Waals surface area contributed by atoms with Crippen LogP contribution in [0.2, 0.25) is 0 Å². The van der Waals surface area contributed by atoms with Gasteiger partial charge in [0, 0.05) is 27.8 Å². The first kappa shape index (κ1) is 5.19. The Bertz CT molecular complexity index is 340. The molecule has 0 aliphatic carbocycles. The largest absolute Gasteiger partial charge is 0.273 e. The molecule has 0 aliphatic rings. The van der Waals surface area contributed by atoms with Crippen LogP contribution in [0, 0.1) is 0 Å². The zero-order valence-electron chi connectivity index (χ0n) is 8.31. The summed E-state index contributed by atoms with van der Waals surface area (Å²) in [7, 11) is 0. The van der Waals surface area contributed by atoms with Gasteiger partial charge in [0.15, 0.2) is 0 Å². The molecule has 0 amide bonds. The summed E-state index contributed by atoms with van der Waals surface area (Å²) in [6, 6.07) is 1.27. The fourth-order valence-electron chi connectivity index (χ4n) is 0.609. The second-order valence-electron chi connectivity index (χ2n) is 1.93. The van der Waals surface area contributed by atoms with Gasteiger partial charge in [-0.3, -0.25) is 4.98 Å². The van der Waals surface area contributed by atoms with Gasteiger partial charge in [-0.25, -0.2) is 8.78 Å². The predicted molar refractivity (Wildman–Crippen MR) is 41.5 cm³/mol. The van der Waals surface area contributed by atoms with Crippen molar-refractivity contribution in [2.75, 3.05) is 0 Å². The van der Waals surface area contributed by atoms with Gasteiger partial charge < -0.3 is 0 Å². The van der Waals surface area contributed by atoms with Crippen molar-refractivity contribution in [3.8, 4) is 0 Å². The fourth-order valence-corrected chi connectivity index (χ4v) is 1.08. The van der Waals surface area contributed by atoms with Gasteiger partial charge in [0.1, 0.15) is 0 Å². The van der Waals surface area contributed by atoms with Gasteiger partial charge in [0.25, 0.3) is 5.92 Å². The first-order valence-corrected chi connectivity index (χ1v) is 3.54. The molecule has 0 aromatic carbocycles. The normalized spacial score (nSPS) is 16.8. The third-order valence-electron chi connectivity index (χ3n) is 1.11. The number of aromatic nitrogens is 1. The summed E-state index contributed by atoms with van der Waals surface area (Å²) in [4.78, 5) is 3.47. The van der Waals surface area contributed by atoms with Crippen molar-refractivity contribution < 1.29 is 12.9 Å². The molecule has 0 saturated carbocycles. The van der Waals surface area contributed by atoms with Crippen molar-refractivity contribution in [2.45, 2.75) is 12.8 Å². The molecule has 0 bridgehead atoms. The maximum Gasteiger partial charge on any atom is 0.273 e. The summed E-state index contributed by atoms with van der Waals surface area (Å²) in [5.74, 6) is -3.89. The number of hydrogen-bond donors (Lipinski definition) is 0. The van der Waals surface area contributed by atoms with E-state index in [1.54, 1.807) is 0 Å². The maximum atomic E-state index is 13.3. The lowest BCUT2D eigenvalue weighted by Crippen LogP contribution is -2.07. The molecular formula is C7H6BrF2N. The Kier molecular flexibility index (Phi) is 1.35. The third kappa shape index (κ3) is 1.96. The summed E-state index contributed by atoms with van der Waals surface area (Å²) in [5, 5.41) is 0. The Morgan fingerprint density at radius 2 is 2.45 bits per heavy atom. The molecule has 4 heteroatoms. The van der Waals surface area contributed by atoms with Gasteiger partial charge in [-0.15, -0.1) is 0 Å². The van der Waals surface area contributed by atoms with Gasteiger partial charge >= 0.3 is 0 Å². The van der Waals surface area contributed by atoms with Crippen LogP contribution in [-0.4, -0.2) is 4.98 Å². The molecule has 1 aromatic rings. The van der Waals surface area contributed by atoms with E-state index in [9.17, 15) is 8.78 Å². The maximum absolute atomic E-state index is 13.3. The average Bonchev–Trinajstić information content (AvgIpc) is 2.02. The molecule has 0 aliphatic heterocycles. The van der Waals surface area contributed by atoms with E-state index in [1.165, 1.54) is 12.3 Å². The van der Waals surface area contributed by atoms with E-state index in [2.05, 4.69) is 20.9 Å². The highest BCUT2D eigenvalue weighted by Crippen LogP contribution is 2.31. The number of hydrogen-bond acceptors (Lipinski definition) is 1. The van der Waals surface area contributed by atoms with Crippen LogP contribution in [0.1, 0.15) is 16.5 Å². The van der Waals surface area contributed by atoms with Crippen molar-refractivity contribution >= 4 is 15.9 Å². The van der Waals surface area contributed by atoms with E-state index in [4.69, 9.17) is 4.11 Å². The van der Waals surface area contributed by atoms with Crippen LogP contribution in [0.4, 0.5) is 8.78 Å². The highest BCUT2D eigenvalue weighted by atomic mass is 79.9. The van der Waals surface area contributed by atoms with Gasteiger partial charge in [0.05, 0.1) is 5.56 Å². The van der Waals surface area contributed by atoms with Crippen LogP contribution >= 0.6 is 15.9 Å². The predicted octanol–water partition coefficient (Wildman–Crippen LogP) is 2.96. The minimum atomic E-state index is -3.89. The van der Waals surface area contributed by atoms with Crippen LogP contribution < -0.4 is 0 Å². The zero-order valence-corrected chi connectivity index (χ0v) is 6.90. The highest BCUT2D eigenvalue weighted by molar-refractivity contribution is 9.10. The van der Waals surface area contributed by atoms with Gasteiger partial charge in [0.2, 0.25) is 0 Å². The molecule has 60 valence electrons. The summed E-state index contributed by atoms with van der Waals surface area (Å²) in [6.07, 6.45) is 2.14. The van der Waals surface area contributed by atoms with Crippen LogP contribution in [0.15, 0.2) is 22.9 Å². The van der Waals surface area contributed by atoms with E-state index in [0.29, 0.717) is 0 Å². The quantitative estimate of drug-likeness (QED) is 0.715. The topological polar surface area (TPSA) is 12.9 Å².